The van der Waals surface area contributed by atoms with Crippen LogP contribution in [0.5, 0.6) is 0 Å². The number of ether oxygens (including phenoxy) is 1. The van der Waals surface area contributed by atoms with Gasteiger partial charge in [-0.3, -0.25) is 4.79 Å². The van der Waals surface area contributed by atoms with Gasteiger partial charge in [-0.25, -0.2) is 13.2 Å². The number of sulfonamides is 1. The molecule has 1 amide bonds. The third kappa shape index (κ3) is 4.27. The molecule has 1 saturated heterocycles. The second-order valence-corrected chi connectivity index (χ2v) is 9.28. The van der Waals surface area contributed by atoms with E-state index in [1.807, 2.05) is 0 Å². The number of nitrogens with one attached hydrogen (secondary N) is 2. The van der Waals surface area contributed by atoms with Crippen molar-refractivity contribution in [2.75, 3.05) is 20.2 Å². The Morgan fingerprint density at radius 1 is 1.13 bits per heavy atom. The first-order valence-corrected chi connectivity index (χ1v) is 11.3. The number of hydrogen-bond acceptors (Lipinski definition) is 5. The minimum Gasteiger partial charge on any atom is -0.465 e. The molecule has 1 aromatic heterocycles. The van der Waals surface area contributed by atoms with Crippen molar-refractivity contribution >= 4 is 21.9 Å². The van der Waals surface area contributed by atoms with Crippen LogP contribution in [0.15, 0.2) is 29.2 Å². The van der Waals surface area contributed by atoms with Crippen molar-refractivity contribution in [2.24, 2.45) is 0 Å². The van der Waals surface area contributed by atoms with Crippen LogP contribution >= 0.6 is 0 Å². The van der Waals surface area contributed by atoms with Gasteiger partial charge < -0.3 is 15.0 Å². The maximum atomic E-state index is 13.1. The van der Waals surface area contributed by atoms with Crippen molar-refractivity contribution in [1.29, 1.82) is 0 Å². The number of esters is 1. The van der Waals surface area contributed by atoms with E-state index in [-0.39, 0.29) is 17.1 Å². The topological polar surface area (TPSA) is 109 Å². The lowest BCUT2D eigenvalue weighted by molar-refractivity contribution is 0.0599. The summed E-state index contributed by atoms with van der Waals surface area (Å²) in [6.07, 6.45) is 2.74. The monoisotopic (exact) mass is 433 g/mol. The van der Waals surface area contributed by atoms with Crippen molar-refractivity contribution in [3.05, 3.63) is 52.3 Å². The number of nitrogens with zero attached hydrogens (tertiary/aromatic N) is 1. The lowest BCUT2D eigenvalue weighted by atomic mass is 10.1. The highest BCUT2D eigenvalue weighted by molar-refractivity contribution is 7.89. The molecule has 9 heteroatoms. The van der Waals surface area contributed by atoms with Crippen LogP contribution in [-0.4, -0.2) is 49.8 Å². The van der Waals surface area contributed by atoms with Gasteiger partial charge in [0.2, 0.25) is 10.0 Å². The first-order valence-electron chi connectivity index (χ1n) is 9.91. The number of amides is 1. The molecular formula is C21H27N3O5S. The summed E-state index contributed by atoms with van der Waals surface area (Å²) in [7, 11) is -2.33. The molecule has 0 saturated carbocycles. The molecule has 2 N–H and O–H groups in total. The molecule has 162 valence electrons. The lowest BCUT2D eigenvalue weighted by Crippen LogP contribution is -2.36. The summed E-state index contributed by atoms with van der Waals surface area (Å²) in [5.74, 6) is -0.936. The largest absolute Gasteiger partial charge is 0.465 e. The molecule has 0 radical (unpaired) electrons. The molecule has 8 nitrogen and oxygen atoms in total. The lowest BCUT2D eigenvalue weighted by Gasteiger charge is -2.26. The summed E-state index contributed by atoms with van der Waals surface area (Å²) in [5, 5.41) is 2.76. The molecular weight excluding hydrogens is 406 g/mol. The summed E-state index contributed by atoms with van der Waals surface area (Å²) in [5.41, 5.74) is 2.13. The highest BCUT2D eigenvalue weighted by Crippen LogP contribution is 2.24. The Balaban J connectivity index is 1.81. The van der Waals surface area contributed by atoms with Gasteiger partial charge in [0.25, 0.3) is 5.91 Å². The molecule has 0 spiro atoms. The molecule has 0 aliphatic carbocycles. The minimum absolute atomic E-state index is 0.0488. The molecule has 30 heavy (non-hydrogen) atoms. The van der Waals surface area contributed by atoms with Crippen LogP contribution < -0.4 is 5.32 Å². The van der Waals surface area contributed by atoms with Gasteiger partial charge in [-0.1, -0.05) is 24.6 Å². The molecule has 3 rings (SSSR count). The van der Waals surface area contributed by atoms with Crippen LogP contribution in [0.1, 0.15) is 56.9 Å². The highest BCUT2D eigenvalue weighted by Gasteiger charge is 2.28. The maximum absolute atomic E-state index is 13.1. The fourth-order valence-electron chi connectivity index (χ4n) is 3.80. The summed E-state index contributed by atoms with van der Waals surface area (Å²) >= 11 is 0. The Morgan fingerprint density at radius 2 is 1.80 bits per heavy atom. The van der Waals surface area contributed by atoms with E-state index in [1.165, 1.54) is 11.4 Å². The van der Waals surface area contributed by atoms with Crippen molar-refractivity contribution in [3.8, 4) is 0 Å². The molecule has 2 aromatic rings. The van der Waals surface area contributed by atoms with Gasteiger partial charge in [0.1, 0.15) is 5.69 Å². The smallest absolute Gasteiger partial charge is 0.339 e. The molecule has 0 bridgehead atoms. The number of rotatable bonds is 6. The summed E-state index contributed by atoms with van der Waals surface area (Å²) in [4.78, 5) is 27.8. The van der Waals surface area contributed by atoms with E-state index in [0.29, 0.717) is 35.5 Å². The van der Waals surface area contributed by atoms with E-state index in [9.17, 15) is 18.0 Å². The van der Waals surface area contributed by atoms with Crippen molar-refractivity contribution in [1.82, 2.24) is 14.6 Å². The standard InChI is InChI=1S/C21H27N3O5S/c1-14-18(21(26)29-3)15(2)23-19(14)20(25)22-13-16-9-5-6-10-17(16)30(27,28)24-11-7-4-8-12-24/h5-6,9-10,23H,4,7-8,11-13H2,1-3H3,(H,22,25). The highest BCUT2D eigenvalue weighted by atomic mass is 32.2. The number of aryl methyl sites for hydroxylation is 1. The third-order valence-corrected chi connectivity index (χ3v) is 7.40. The van der Waals surface area contributed by atoms with Gasteiger partial charge in [0.15, 0.2) is 0 Å². The van der Waals surface area contributed by atoms with Crippen LogP contribution in [0.25, 0.3) is 0 Å². The number of aromatic nitrogens is 1. The first kappa shape index (κ1) is 22.0. The summed E-state index contributed by atoms with van der Waals surface area (Å²) in [6.45, 7) is 4.43. The normalized spacial score (nSPS) is 15.0. The zero-order valence-corrected chi connectivity index (χ0v) is 18.3. The van der Waals surface area contributed by atoms with Crippen LogP contribution in [0.4, 0.5) is 0 Å². The third-order valence-electron chi connectivity index (χ3n) is 5.40. The van der Waals surface area contributed by atoms with Gasteiger partial charge >= 0.3 is 5.97 Å². The number of H-pyrrole nitrogens is 1. The van der Waals surface area contributed by atoms with Crippen molar-refractivity contribution in [2.45, 2.75) is 44.6 Å². The Morgan fingerprint density at radius 3 is 2.47 bits per heavy atom. The van der Waals surface area contributed by atoms with E-state index in [4.69, 9.17) is 4.74 Å². The average Bonchev–Trinajstić information content (AvgIpc) is 3.06. The fourth-order valence-corrected chi connectivity index (χ4v) is 5.53. The number of carbonyl (C=O) groups excluding carboxylic acids is 2. The Hall–Kier alpha value is -2.65. The quantitative estimate of drug-likeness (QED) is 0.681. The van der Waals surface area contributed by atoms with E-state index in [2.05, 4.69) is 10.3 Å². The number of carbonyl (C=O) groups is 2. The van der Waals surface area contributed by atoms with Gasteiger partial charge in [-0.15, -0.1) is 0 Å². The Kier molecular flexibility index (Phi) is 6.62. The SMILES string of the molecule is COC(=O)c1c(C)[nH]c(C(=O)NCc2ccccc2S(=O)(=O)N2CCCCC2)c1C. The molecule has 0 unspecified atom stereocenters. The first-order chi connectivity index (χ1) is 14.3. The predicted octanol–water partition coefficient (Wildman–Crippen LogP) is 2.52. The molecule has 1 aromatic carbocycles. The summed E-state index contributed by atoms with van der Waals surface area (Å²) < 4.78 is 32.5. The van der Waals surface area contributed by atoms with Crippen molar-refractivity contribution < 1.29 is 22.7 Å². The van der Waals surface area contributed by atoms with Gasteiger partial charge in [-0.2, -0.15) is 4.31 Å². The number of benzene rings is 1. The van der Waals surface area contributed by atoms with Crippen LogP contribution in [0.3, 0.4) is 0 Å². The minimum atomic E-state index is -3.62. The number of piperidine rings is 1. The number of hydrogen-bond donors (Lipinski definition) is 2. The zero-order chi connectivity index (χ0) is 21.9. The van der Waals surface area contributed by atoms with E-state index in [0.717, 1.165) is 19.3 Å². The average molecular weight is 434 g/mol. The fraction of sp³-hybridized carbons (Fsp3) is 0.429. The molecule has 0 atom stereocenters. The molecule has 2 heterocycles. The van der Waals surface area contributed by atoms with E-state index in [1.54, 1.807) is 38.1 Å². The molecule has 1 aliphatic rings. The predicted molar refractivity (Wildman–Crippen MR) is 112 cm³/mol. The Bertz CT molecular complexity index is 1050. The zero-order valence-electron chi connectivity index (χ0n) is 17.4. The van der Waals surface area contributed by atoms with Crippen LogP contribution in [0.2, 0.25) is 0 Å². The van der Waals surface area contributed by atoms with Gasteiger partial charge in [0.05, 0.1) is 17.6 Å². The van der Waals surface area contributed by atoms with Crippen molar-refractivity contribution in [3.63, 3.8) is 0 Å². The number of methoxy groups -OCH3 is 1. The van der Waals surface area contributed by atoms with E-state index >= 15 is 0 Å². The van der Waals surface area contributed by atoms with E-state index < -0.39 is 21.9 Å². The second kappa shape index (κ2) is 9.01. The van der Waals surface area contributed by atoms with Crippen LogP contribution in [-0.2, 0) is 21.3 Å². The van der Waals surface area contributed by atoms with Gasteiger partial charge in [0, 0.05) is 25.3 Å². The maximum Gasteiger partial charge on any atom is 0.339 e. The number of aromatic amines is 1. The Labute approximate surface area is 176 Å². The van der Waals surface area contributed by atoms with Crippen LogP contribution in [0, 0.1) is 13.8 Å². The second-order valence-electron chi connectivity index (χ2n) is 7.37. The molecule has 1 aliphatic heterocycles. The van der Waals surface area contributed by atoms with Gasteiger partial charge in [-0.05, 0) is 43.9 Å². The molecule has 1 fully saturated rings. The summed E-state index contributed by atoms with van der Waals surface area (Å²) in [6, 6.07) is 6.70.